The third kappa shape index (κ3) is 4.14. The van der Waals surface area contributed by atoms with E-state index in [1.54, 1.807) is 30.7 Å². The van der Waals surface area contributed by atoms with Crippen molar-refractivity contribution in [2.45, 2.75) is 30.9 Å². The molecular formula is C24H25N7O3. The topological polar surface area (TPSA) is 156 Å². The maximum atomic E-state index is 10.0. The minimum Gasteiger partial charge on any atom is -0.395 e. The van der Waals surface area contributed by atoms with Crippen LogP contribution < -0.4 is 11.1 Å². The van der Waals surface area contributed by atoms with Crippen molar-refractivity contribution < 1.29 is 14.7 Å². The minimum atomic E-state index is -0.958. The Labute approximate surface area is 195 Å². The smallest absolute Gasteiger partial charge is 0.259 e. The summed E-state index contributed by atoms with van der Waals surface area (Å²) in [5, 5.41) is 26.0. The fourth-order valence-corrected chi connectivity index (χ4v) is 4.18. The largest absolute Gasteiger partial charge is 0.395 e. The second-order valence-electron chi connectivity index (χ2n) is 8.32. The zero-order valence-corrected chi connectivity index (χ0v) is 18.4. The van der Waals surface area contributed by atoms with Crippen LogP contribution in [0, 0.1) is 0 Å². The zero-order chi connectivity index (χ0) is 23.5. The van der Waals surface area contributed by atoms with Gasteiger partial charge in [-0.1, -0.05) is 35.8 Å². The lowest BCUT2D eigenvalue weighted by Crippen LogP contribution is -2.36. The Hall–Kier alpha value is -3.73. The third-order valence-corrected chi connectivity index (χ3v) is 6.27. The number of aliphatic hydroxyl groups is 2. The normalized spacial score (nSPS) is 15.6. The van der Waals surface area contributed by atoms with Gasteiger partial charge in [-0.25, -0.2) is 9.97 Å². The van der Waals surface area contributed by atoms with Gasteiger partial charge in [0.25, 0.3) is 5.89 Å². The van der Waals surface area contributed by atoms with Gasteiger partial charge in [0.1, 0.15) is 6.23 Å². The summed E-state index contributed by atoms with van der Waals surface area (Å²) in [5.41, 5.74) is 9.47. The van der Waals surface area contributed by atoms with Gasteiger partial charge in [-0.05, 0) is 36.1 Å². The van der Waals surface area contributed by atoms with Crippen molar-refractivity contribution in [3.63, 3.8) is 0 Å². The second kappa shape index (κ2) is 9.26. The van der Waals surface area contributed by atoms with Crippen LogP contribution in [0.5, 0.6) is 0 Å². The molecule has 5 rings (SSSR count). The highest BCUT2D eigenvalue weighted by molar-refractivity contribution is 5.63. The van der Waals surface area contributed by atoms with Gasteiger partial charge >= 0.3 is 0 Å². The van der Waals surface area contributed by atoms with Crippen LogP contribution in [0.4, 0.5) is 5.95 Å². The first kappa shape index (κ1) is 22.1. The van der Waals surface area contributed by atoms with Crippen LogP contribution in [0.25, 0.3) is 22.6 Å². The van der Waals surface area contributed by atoms with Crippen molar-refractivity contribution >= 4 is 5.95 Å². The third-order valence-electron chi connectivity index (χ3n) is 6.27. The number of aliphatic hydroxyl groups excluding tert-OH is 2. The Morgan fingerprint density at radius 3 is 2.29 bits per heavy atom. The molecule has 10 heteroatoms. The van der Waals surface area contributed by atoms with Gasteiger partial charge in [0.15, 0.2) is 5.82 Å². The van der Waals surface area contributed by atoms with Gasteiger partial charge in [0.2, 0.25) is 5.95 Å². The Balaban J connectivity index is 1.36. The maximum absolute atomic E-state index is 10.0. The number of benzene rings is 1. The van der Waals surface area contributed by atoms with Crippen LogP contribution in [0.1, 0.15) is 42.6 Å². The Kier molecular flexibility index (Phi) is 6.01. The number of pyridine rings is 1. The molecule has 5 N–H and O–H groups in total. The fourth-order valence-electron chi connectivity index (χ4n) is 4.18. The number of aromatic nitrogens is 5. The fraction of sp³-hybridized carbons (Fsp3) is 0.292. The first-order valence-electron chi connectivity index (χ1n) is 11.1. The molecule has 0 saturated heterocycles. The summed E-state index contributed by atoms with van der Waals surface area (Å²) in [6.45, 7) is 0.203. The van der Waals surface area contributed by atoms with Gasteiger partial charge in [-0.15, -0.1) is 0 Å². The molecule has 1 atom stereocenters. The molecule has 1 fully saturated rings. The molecule has 0 aliphatic heterocycles. The molecule has 0 radical (unpaired) electrons. The van der Waals surface area contributed by atoms with E-state index in [-0.39, 0.29) is 24.5 Å². The summed E-state index contributed by atoms with van der Waals surface area (Å²) in [4.78, 5) is 17.1. The summed E-state index contributed by atoms with van der Waals surface area (Å²) in [6, 6.07) is 11.7. The van der Waals surface area contributed by atoms with Crippen molar-refractivity contribution in [3.05, 3.63) is 72.1 Å². The Morgan fingerprint density at radius 2 is 1.68 bits per heavy atom. The average molecular weight is 460 g/mol. The average Bonchev–Trinajstić information content (AvgIpc) is 3.33. The minimum absolute atomic E-state index is 0.0693. The zero-order valence-electron chi connectivity index (χ0n) is 18.4. The summed E-state index contributed by atoms with van der Waals surface area (Å²) >= 11 is 0. The van der Waals surface area contributed by atoms with E-state index in [2.05, 4.69) is 37.6 Å². The number of nitrogens with one attached hydrogen (secondary N) is 1. The van der Waals surface area contributed by atoms with Crippen molar-refractivity contribution in [3.8, 4) is 22.6 Å². The molecule has 1 aromatic carbocycles. The molecule has 3 heterocycles. The van der Waals surface area contributed by atoms with E-state index in [1.807, 2.05) is 12.1 Å². The van der Waals surface area contributed by atoms with E-state index in [4.69, 9.17) is 20.3 Å². The SMILES string of the molecule is Nc1ncc(-c2ccc(C3(c4noc(-c5ccc(C(O)NCCO)nc5)n4)CCC3)cc2)cn1. The van der Waals surface area contributed by atoms with Crippen molar-refractivity contribution in [1.29, 1.82) is 0 Å². The number of nitrogens with zero attached hydrogens (tertiary/aromatic N) is 5. The van der Waals surface area contributed by atoms with Crippen molar-refractivity contribution in [1.82, 2.24) is 30.4 Å². The second-order valence-corrected chi connectivity index (χ2v) is 8.32. The molecule has 1 unspecified atom stereocenters. The number of hydrogen-bond acceptors (Lipinski definition) is 10. The predicted molar refractivity (Wildman–Crippen MR) is 124 cm³/mol. The van der Waals surface area contributed by atoms with E-state index >= 15 is 0 Å². The van der Waals surface area contributed by atoms with E-state index in [1.165, 1.54) is 0 Å². The monoisotopic (exact) mass is 459 g/mol. The number of hydrogen-bond donors (Lipinski definition) is 4. The summed E-state index contributed by atoms with van der Waals surface area (Å²) in [7, 11) is 0. The maximum Gasteiger partial charge on any atom is 0.259 e. The van der Waals surface area contributed by atoms with Crippen LogP contribution in [-0.2, 0) is 5.41 Å². The summed E-state index contributed by atoms with van der Waals surface area (Å²) in [5.74, 6) is 1.29. The summed E-state index contributed by atoms with van der Waals surface area (Å²) < 4.78 is 5.58. The van der Waals surface area contributed by atoms with Crippen LogP contribution in [0.15, 0.2) is 59.5 Å². The molecule has 4 aromatic rings. The van der Waals surface area contributed by atoms with E-state index < -0.39 is 6.23 Å². The van der Waals surface area contributed by atoms with Crippen LogP contribution in [0.2, 0.25) is 0 Å². The number of nitrogens with two attached hydrogens (primary N) is 1. The molecule has 1 aliphatic carbocycles. The van der Waals surface area contributed by atoms with E-state index in [0.29, 0.717) is 23.0 Å². The molecule has 34 heavy (non-hydrogen) atoms. The van der Waals surface area contributed by atoms with Gasteiger partial charge < -0.3 is 20.5 Å². The number of rotatable bonds is 8. The van der Waals surface area contributed by atoms with Crippen LogP contribution in [-0.4, -0.2) is 48.5 Å². The molecule has 10 nitrogen and oxygen atoms in total. The highest BCUT2D eigenvalue weighted by atomic mass is 16.5. The Morgan fingerprint density at radius 1 is 0.971 bits per heavy atom. The van der Waals surface area contributed by atoms with Crippen LogP contribution in [0.3, 0.4) is 0 Å². The quantitative estimate of drug-likeness (QED) is 0.288. The predicted octanol–water partition coefficient (Wildman–Crippen LogP) is 2.21. The first-order valence-corrected chi connectivity index (χ1v) is 11.1. The molecule has 0 amide bonds. The highest BCUT2D eigenvalue weighted by Crippen LogP contribution is 2.48. The molecule has 1 aliphatic rings. The van der Waals surface area contributed by atoms with E-state index in [0.717, 1.165) is 36.0 Å². The van der Waals surface area contributed by atoms with Gasteiger partial charge in [-0.2, -0.15) is 4.98 Å². The van der Waals surface area contributed by atoms with Gasteiger partial charge in [-0.3, -0.25) is 10.3 Å². The lowest BCUT2D eigenvalue weighted by molar-refractivity contribution is 0.125. The molecule has 174 valence electrons. The highest BCUT2D eigenvalue weighted by Gasteiger charge is 2.44. The number of anilines is 1. The molecular weight excluding hydrogens is 434 g/mol. The van der Waals surface area contributed by atoms with E-state index in [9.17, 15) is 5.11 Å². The standard InChI is InChI=1S/C24H25N7O3/c25-23-28-13-17(14-29-23)15-2-5-18(6-3-15)24(8-1-9-24)22-30-21(34-31-22)16-4-7-19(27-12-16)20(33)26-10-11-32/h2-7,12-14,20,26,32-33H,1,8-11H2,(H2,25,28,29). The van der Waals surface area contributed by atoms with Crippen molar-refractivity contribution in [2.24, 2.45) is 0 Å². The lowest BCUT2D eigenvalue weighted by atomic mass is 9.64. The van der Waals surface area contributed by atoms with Gasteiger partial charge in [0, 0.05) is 30.7 Å². The van der Waals surface area contributed by atoms with Gasteiger partial charge in [0.05, 0.1) is 23.3 Å². The molecule has 3 aromatic heterocycles. The Bertz CT molecular complexity index is 1240. The molecule has 0 spiro atoms. The van der Waals surface area contributed by atoms with Crippen LogP contribution >= 0.6 is 0 Å². The lowest BCUT2D eigenvalue weighted by Gasteiger charge is -2.39. The molecule has 1 saturated carbocycles. The molecule has 0 bridgehead atoms. The van der Waals surface area contributed by atoms with Crippen molar-refractivity contribution in [2.75, 3.05) is 18.9 Å². The summed E-state index contributed by atoms with van der Waals surface area (Å²) in [6.07, 6.45) is 7.03. The number of nitrogen functional groups attached to an aromatic ring is 1. The first-order chi connectivity index (χ1) is 16.6.